The summed E-state index contributed by atoms with van der Waals surface area (Å²) in [5, 5.41) is 9.48. The highest BCUT2D eigenvalue weighted by Crippen LogP contribution is 2.32. The number of H-pyrrole nitrogens is 1. The molecule has 1 aromatic heterocycles. The number of rotatable bonds is 7. The zero-order valence-corrected chi connectivity index (χ0v) is 15.4. The van der Waals surface area contributed by atoms with Crippen LogP contribution < -0.4 is 10.1 Å². The molecule has 1 amide bonds. The van der Waals surface area contributed by atoms with Crippen molar-refractivity contribution in [1.82, 2.24) is 15.2 Å². The van der Waals surface area contributed by atoms with E-state index in [0.717, 1.165) is 24.2 Å². The Balaban J connectivity index is 1.67. The summed E-state index contributed by atoms with van der Waals surface area (Å²) in [6.45, 7) is 3.38. The van der Waals surface area contributed by atoms with Gasteiger partial charge in [-0.1, -0.05) is 0 Å². The molecule has 25 heavy (non-hydrogen) atoms. The molecule has 1 heterocycles. The van der Waals surface area contributed by atoms with Crippen molar-refractivity contribution in [3.05, 3.63) is 24.3 Å². The molecule has 1 unspecified atom stereocenters. The van der Waals surface area contributed by atoms with Crippen LogP contribution in [0, 0.1) is 5.92 Å². The lowest BCUT2D eigenvalue weighted by Gasteiger charge is -2.21. The normalized spacial score (nSPS) is 15.6. The van der Waals surface area contributed by atoms with E-state index in [1.807, 2.05) is 24.3 Å². The molecule has 0 bridgehead atoms. The second-order valence-corrected chi connectivity index (χ2v) is 8.70. The van der Waals surface area contributed by atoms with Gasteiger partial charge in [0.15, 0.2) is 5.82 Å². The van der Waals surface area contributed by atoms with Crippen molar-refractivity contribution < 1.29 is 13.7 Å². The van der Waals surface area contributed by atoms with Crippen LogP contribution in [0.3, 0.4) is 0 Å². The van der Waals surface area contributed by atoms with Crippen LogP contribution in [0.2, 0.25) is 0 Å². The summed E-state index contributed by atoms with van der Waals surface area (Å²) in [5.74, 6) is 2.19. The Morgan fingerprint density at radius 2 is 2.04 bits per heavy atom. The molecule has 2 aromatic rings. The minimum atomic E-state index is -1.23. The molecule has 1 aromatic carbocycles. The van der Waals surface area contributed by atoms with E-state index < -0.39 is 15.5 Å². The third kappa shape index (κ3) is 4.07. The van der Waals surface area contributed by atoms with Crippen molar-refractivity contribution in [2.24, 2.45) is 5.92 Å². The molecule has 1 aliphatic carbocycles. The average Bonchev–Trinajstić information content (AvgIpc) is 3.30. The topological polar surface area (TPSA) is 97.0 Å². The molecular weight excluding hydrogens is 340 g/mol. The first kappa shape index (κ1) is 17.6. The lowest BCUT2D eigenvalue weighted by molar-refractivity contribution is -0.117. The van der Waals surface area contributed by atoms with Crippen LogP contribution in [0.15, 0.2) is 24.3 Å². The first-order valence-corrected chi connectivity index (χ1v) is 9.49. The van der Waals surface area contributed by atoms with Gasteiger partial charge in [-0.05, 0) is 56.9 Å². The fourth-order valence-corrected chi connectivity index (χ4v) is 3.69. The number of nitrogens with one attached hydrogen (secondary N) is 2. The van der Waals surface area contributed by atoms with Gasteiger partial charge in [0.1, 0.15) is 10.5 Å². The molecule has 3 rings (SSSR count). The van der Waals surface area contributed by atoms with Crippen molar-refractivity contribution >= 4 is 22.7 Å². The quantitative estimate of drug-likeness (QED) is 0.788. The van der Waals surface area contributed by atoms with E-state index in [1.165, 1.54) is 0 Å². The molecule has 134 valence electrons. The first-order valence-electron chi connectivity index (χ1n) is 8.17. The largest absolute Gasteiger partial charge is 0.497 e. The Bertz CT molecular complexity index is 781. The third-order valence-electron chi connectivity index (χ3n) is 4.27. The standard InChI is InChI=1S/C17H22N4O3S/c1-17(2,25(23)10-11-4-5-11)15(22)19-16-18-14(20-21-16)12-6-8-13(24-3)9-7-12/h6-9,11H,4-5,10H2,1-3H3,(H2,18,19,20,21,22). The lowest BCUT2D eigenvalue weighted by atomic mass is 10.2. The van der Waals surface area contributed by atoms with Gasteiger partial charge >= 0.3 is 0 Å². The number of ether oxygens (including phenoxy) is 1. The maximum atomic E-state index is 12.5. The van der Waals surface area contributed by atoms with Gasteiger partial charge in [0.25, 0.3) is 0 Å². The van der Waals surface area contributed by atoms with E-state index in [9.17, 15) is 9.00 Å². The maximum absolute atomic E-state index is 12.5. The van der Waals surface area contributed by atoms with Gasteiger partial charge in [-0.3, -0.25) is 19.4 Å². The lowest BCUT2D eigenvalue weighted by Crippen LogP contribution is -2.42. The van der Waals surface area contributed by atoms with Crippen LogP contribution in [0.1, 0.15) is 26.7 Å². The fraction of sp³-hybridized carbons (Fsp3) is 0.471. The van der Waals surface area contributed by atoms with E-state index in [1.54, 1.807) is 21.0 Å². The summed E-state index contributed by atoms with van der Waals surface area (Å²) in [6.07, 6.45) is 2.21. The van der Waals surface area contributed by atoms with Gasteiger partial charge in [-0.2, -0.15) is 4.98 Å². The Hall–Kier alpha value is -2.22. The monoisotopic (exact) mass is 362 g/mol. The molecule has 1 saturated carbocycles. The number of hydrogen-bond acceptors (Lipinski definition) is 5. The maximum Gasteiger partial charge on any atom is 0.249 e. The predicted octanol–water partition coefficient (Wildman–Crippen LogP) is 2.36. The molecule has 1 aliphatic rings. The summed E-state index contributed by atoms with van der Waals surface area (Å²) in [6, 6.07) is 7.33. The van der Waals surface area contributed by atoms with Gasteiger partial charge in [0, 0.05) is 22.1 Å². The molecule has 8 heteroatoms. The Morgan fingerprint density at radius 1 is 1.36 bits per heavy atom. The molecule has 1 atom stereocenters. The van der Waals surface area contributed by atoms with Crippen LogP contribution in [0.4, 0.5) is 5.95 Å². The highest BCUT2D eigenvalue weighted by molar-refractivity contribution is 7.87. The second-order valence-electron chi connectivity index (χ2n) is 6.66. The highest BCUT2D eigenvalue weighted by Gasteiger charge is 2.38. The number of carbonyl (C=O) groups is 1. The number of amides is 1. The van der Waals surface area contributed by atoms with Gasteiger partial charge in [0.2, 0.25) is 11.9 Å². The van der Waals surface area contributed by atoms with Crippen LogP contribution >= 0.6 is 0 Å². The molecule has 0 spiro atoms. The van der Waals surface area contributed by atoms with E-state index in [0.29, 0.717) is 17.5 Å². The first-order chi connectivity index (χ1) is 11.9. The van der Waals surface area contributed by atoms with Gasteiger partial charge in [-0.15, -0.1) is 5.10 Å². The van der Waals surface area contributed by atoms with Crippen molar-refractivity contribution in [1.29, 1.82) is 0 Å². The number of benzene rings is 1. The number of nitrogens with zero attached hydrogens (tertiary/aromatic N) is 2. The van der Waals surface area contributed by atoms with Gasteiger partial charge in [-0.25, -0.2) is 0 Å². The van der Waals surface area contributed by atoms with Crippen molar-refractivity contribution in [3.63, 3.8) is 0 Å². The Morgan fingerprint density at radius 3 is 2.64 bits per heavy atom. The molecular formula is C17H22N4O3S. The molecule has 1 fully saturated rings. The number of carbonyl (C=O) groups excluding carboxylic acids is 1. The van der Waals surface area contributed by atoms with E-state index in [-0.39, 0.29) is 11.9 Å². The molecule has 0 saturated heterocycles. The number of aromatic nitrogens is 3. The van der Waals surface area contributed by atoms with Gasteiger partial charge < -0.3 is 4.74 Å². The number of methoxy groups -OCH3 is 1. The summed E-state index contributed by atoms with van der Waals surface area (Å²) >= 11 is 0. The van der Waals surface area contributed by atoms with Crippen LogP contribution in [0.5, 0.6) is 5.75 Å². The predicted molar refractivity (Wildman–Crippen MR) is 96.8 cm³/mol. The Kier molecular flexibility index (Phi) is 4.89. The summed E-state index contributed by atoms with van der Waals surface area (Å²) in [5.41, 5.74) is 0.824. The SMILES string of the molecule is COc1ccc(-c2nc(NC(=O)C(C)(C)S(=O)CC3CC3)n[nH]2)cc1. The van der Waals surface area contributed by atoms with E-state index in [4.69, 9.17) is 4.74 Å². The zero-order chi connectivity index (χ0) is 18.0. The van der Waals surface area contributed by atoms with Crippen LogP contribution in [0.25, 0.3) is 11.4 Å². The van der Waals surface area contributed by atoms with E-state index >= 15 is 0 Å². The summed E-state index contributed by atoms with van der Waals surface area (Å²) in [7, 11) is 0.377. The minimum Gasteiger partial charge on any atom is -0.497 e. The number of hydrogen-bond donors (Lipinski definition) is 2. The molecule has 7 nitrogen and oxygen atoms in total. The Labute approximate surface area is 149 Å². The van der Waals surface area contributed by atoms with Gasteiger partial charge in [0.05, 0.1) is 7.11 Å². The highest BCUT2D eigenvalue weighted by atomic mass is 32.2. The summed E-state index contributed by atoms with van der Waals surface area (Å²) in [4.78, 5) is 16.8. The number of anilines is 1. The van der Waals surface area contributed by atoms with E-state index in [2.05, 4.69) is 20.5 Å². The summed E-state index contributed by atoms with van der Waals surface area (Å²) < 4.78 is 16.6. The zero-order valence-electron chi connectivity index (χ0n) is 14.5. The van der Waals surface area contributed by atoms with Crippen LogP contribution in [-0.2, 0) is 15.6 Å². The average molecular weight is 362 g/mol. The molecule has 2 N–H and O–H groups in total. The molecule has 0 aliphatic heterocycles. The smallest absolute Gasteiger partial charge is 0.249 e. The third-order valence-corrected chi connectivity index (χ3v) is 6.37. The van der Waals surface area contributed by atoms with Crippen molar-refractivity contribution in [3.8, 4) is 17.1 Å². The van der Waals surface area contributed by atoms with Crippen molar-refractivity contribution in [2.45, 2.75) is 31.4 Å². The van der Waals surface area contributed by atoms with Crippen LogP contribution in [-0.4, -0.2) is 42.9 Å². The number of aromatic amines is 1. The fourth-order valence-electron chi connectivity index (χ4n) is 2.26. The second kappa shape index (κ2) is 6.95. The van der Waals surface area contributed by atoms with Crippen molar-refractivity contribution in [2.75, 3.05) is 18.2 Å². The minimum absolute atomic E-state index is 0.173. The molecule has 0 radical (unpaired) electrons.